The van der Waals surface area contributed by atoms with Crippen molar-refractivity contribution in [2.45, 2.75) is 57.5 Å². The van der Waals surface area contributed by atoms with Gasteiger partial charge in [-0.1, -0.05) is 42.5 Å². The molecule has 1 aromatic heterocycles. The van der Waals surface area contributed by atoms with Gasteiger partial charge in [-0.3, -0.25) is 9.69 Å². The molecular formula is C27H35N7O2. The zero-order chi connectivity index (χ0) is 24.9. The largest absolute Gasteiger partial charge is 0.387 e. The van der Waals surface area contributed by atoms with Gasteiger partial charge in [-0.15, -0.1) is 10.2 Å². The van der Waals surface area contributed by atoms with Crippen molar-refractivity contribution in [3.8, 4) is 0 Å². The number of nitrogens with one attached hydrogen (secondary N) is 1. The van der Waals surface area contributed by atoms with Crippen molar-refractivity contribution in [2.24, 2.45) is 0 Å². The molecule has 2 fully saturated rings. The first-order valence-corrected chi connectivity index (χ1v) is 13.0. The lowest BCUT2D eigenvalue weighted by atomic mass is 10.0. The van der Waals surface area contributed by atoms with Crippen LogP contribution in [-0.2, 0) is 19.5 Å². The van der Waals surface area contributed by atoms with Gasteiger partial charge >= 0.3 is 0 Å². The molecular weight excluding hydrogens is 454 g/mol. The van der Waals surface area contributed by atoms with Crippen molar-refractivity contribution in [2.75, 3.05) is 26.2 Å². The van der Waals surface area contributed by atoms with Gasteiger partial charge in [-0.25, -0.2) is 0 Å². The highest BCUT2D eigenvalue weighted by molar-refractivity contribution is 5.94. The van der Waals surface area contributed by atoms with Gasteiger partial charge in [0.2, 0.25) is 0 Å². The molecule has 2 saturated heterocycles. The minimum Gasteiger partial charge on any atom is -0.387 e. The van der Waals surface area contributed by atoms with E-state index >= 15 is 0 Å². The maximum absolute atomic E-state index is 13.0. The molecule has 1 amide bonds. The van der Waals surface area contributed by atoms with Crippen LogP contribution in [0, 0.1) is 0 Å². The molecule has 9 nitrogen and oxygen atoms in total. The molecule has 0 aliphatic carbocycles. The molecule has 36 heavy (non-hydrogen) atoms. The molecule has 2 aliphatic heterocycles. The number of hydrogen-bond acceptors (Lipinski definition) is 7. The molecule has 2 aromatic carbocycles. The monoisotopic (exact) mass is 489 g/mol. The van der Waals surface area contributed by atoms with Crippen LogP contribution in [0.1, 0.15) is 53.2 Å². The van der Waals surface area contributed by atoms with Crippen LogP contribution >= 0.6 is 0 Å². The fraction of sp³-hybridized carbons (Fsp3) is 0.481. The molecule has 0 radical (unpaired) electrons. The number of rotatable bonds is 8. The van der Waals surface area contributed by atoms with Crippen molar-refractivity contribution in [1.82, 2.24) is 35.3 Å². The van der Waals surface area contributed by atoms with E-state index in [1.54, 1.807) is 4.80 Å². The van der Waals surface area contributed by atoms with Gasteiger partial charge in [0.05, 0.1) is 19.2 Å². The number of aryl methyl sites for hydroxylation is 1. The zero-order valence-corrected chi connectivity index (χ0v) is 20.8. The Labute approximate surface area is 212 Å². The number of carbonyl (C=O) groups is 1. The lowest BCUT2D eigenvalue weighted by Gasteiger charge is -2.34. The first kappa shape index (κ1) is 24.5. The van der Waals surface area contributed by atoms with Crippen LogP contribution in [0.25, 0.3) is 0 Å². The summed E-state index contributed by atoms with van der Waals surface area (Å²) in [5.74, 6) is 0.811. The van der Waals surface area contributed by atoms with Crippen LogP contribution in [0.2, 0.25) is 0 Å². The fourth-order valence-corrected chi connectivity index (χ4v) is 5.18. The van der Waals surface area contributed by atoms with Crippen LogP contribution < -0.4 is 5.32 Å². The normalized spacial score (nSPS) is 21.6. The summed E-state index contributed by atoms with van der Waals surface area (Å²) in [4.78, 5) is 18.8. The van der Waals surface area contributed by atoms with Crippen molar-refractivity contribution in [3.63, 3.8) is 0 Å². The molecule has 3 aromatic rings. The second-order valence-corrected chi connectivity index (χ2v) is 9.77. The van der Waals surface area contributed by atoms with Crippen LogP contribution in [0.3, 0.4) is 0 Å². The Hall–Kier alpha value is -3.14. The molecule has 3 atom stereocenters. The van der Waals surface area contributed by atoms with E-state index in [1.165, 1.54) is 5.56 Å². The highest BCUT2D eigenvalue weighted by Crippen LogP contribution is 2.26. The summed E-state index contributed by atoms with van der Waals surface area (Å²) in [5.41, 5.74) is 2.90. The van der Waals surface area contributed by atoms with Crippen LogP contribution in [-0.4, -0.2) is 79.3 Å². The number of aromatic nitrogens is 4. The van der Waals surface area contributed by atoms with Gasteiger partial charge in [0.25, 0.3) is 5.91 Å². The Kier molecular flexibility index (Phi) is 7.69. The van der Waals surface area contributed by atoms with Crippen LogP contribution in [0.5, 0.6) is 0 Å². The standard InChI is InChI=1S/C27H35N7O2/c1-2-34-30-25(29-31-34)19-32-14-16-33(17-15-32)27(36)22-10-8-20(9-11-22)18-23-12-13-24(28-23)26(35)21-6-4-3-5-7-21/h3-11,23-24,26,28,35H,2,12-19H2,1H3. The molecule has 2 aliphatic rings. The van der Waals surface area contributed by atoms with Crippen LogP contribution in [0.4, 0.5) is 0 Å². The highest BCUT2D eigenvalue weighted by Gasteiger charge is 2.30. The number of hydrogen-bond donors (Lipinski definition) is 2. The van der Waals surface area contributed by atoms with Gasteiger partial charge in [0, 0.05) is 43.8 Å². The second kappa shape index (κ2) is 11.3. The van der Waals surface area contributed by atoms with Crippen molar-refractivity contribution in [1.29, 1.82) is 0 Å². The summed E-state index contributed by atoms with van der Waals surface area (Å²) in [6.45, 7) is 6.35. The van der Waals surface area contributed by atoms with Gasteiger partial charge < -0.3 is 15.3 Å². The van der Waals surface area contributed by atoms with Gasteiger partial charge in [-0.2, -0.15) is 4.80 Å². The first-order chi connectivity index (χ1) is 17.6. The number of tetrazole rings is 1. The van der Waals surface area contributed by atoms with E-state index in [0.717, 1.165) is 49.3 Å². The second-order valence-electron chi connectivity index (χ2n) is 9.77. The average molecular weight is 490 g/mol. The summed E-state index contributed by atoms with van der Waals surface area (Å²) >= 11 is 0. The molecule has 2 N–H and O–H groups in total. The Balaban J connectivity index is 1.09. The minimum atomic E-state index is -0.488. The maximum Gasteiger partial charge on any atom is 0.253 e. The number of piperazine rings is 1. The number of carbonyl (C=O) groups excluding carboxylic acids is 1. The van der Waals surface area contributed by atoms with E-state index < -0.39 is 6.10 Å². The summed E-state index contributed by atoms with van der Waals surface area (Å²) in [6, 6.07) is 18.3. The van der Waals surface area contributed by atoms with Gasteiger partial charge in [0.15, 0.2) is 5.82 Å². The molecule has 0 bridgehead atoms. The Morgan fingerprint density at radius 1 is 1.06 bits per heavy atom. The van der Waals surface area contributed by atoms with E-state index in [0.29, 0.717) is 32.2 Å². The zero-order valence-electron chi connectivity index (χ0n) is 20.8. The number of nitrogens with zero attached hydrogens (tertiary/aromatic N) is 6. The third-order valence-corrected chi connectivity index (χ3v) is 7.28. The molecule has 190 valence electrons. The van der Waals surface area contributed by atoms with Crippen molar-refractivity contribution >= 4 is 5.91 Å². The van der Waals surface area contributed by atoms with Gasteiger partial charge in [0.1, 0.15) is 0 Å². The smallest absolute Gasteiger partial charge is 0.253 e. The minimum absolute atomic E-state index is 0.0753. The Bertz CT molecular complexity index is 1130. The maximum atomic E-state index is 13.0. The van der Waals surface area contributed by atoms with E-state index in [2.05, 4.69) is 37.8 Å². The number of amides is 1. The number of aliphatic hydroxyl groups excluding tert-OH is 1. The SMILES string of the molecule is CCn1nnc(CN2CCN(C(=O)c3ccc(CC4CCC(C(O)c5ccccc5)N4)cc3)CC2)n1. The highest BCUT2D eigenvalue weighted by atomic mass is 16.3. The fourth-order valence-electron chi connectivity index (χ4n) is 5.18. The lowest BCUT2D eigenvalue weighted by molar-refractivity contribution is 0.0625. The summed E-state index contributed by atoms with van der Waals surface area (Å²) in [6.07, 6.45) is 2.39. The van der Waals surface area contributed by atoms with Gasteiger partial charge in [-0.05, 0) is 54.7 Å². The Morgan fingerprint density at radius 2 is 1.81 bits per heavy atom. The van der Waals surface area contributed by atoms with Crippen molar-refractivity contribution in [3.05, 3.63) is 77.1 Å². The predicted octanol–water partition coefficient (Wildman–Crippen LogP) is 2.05. The molecule has 3 heterocycles. The third-order valence-electron chi connectivity index (χ3n) is 7.28. The van der Waals surface area contributed by atoms with E-state index in [4.69, 9.17) is 0 Å². The van der Waals surface area contributed by atoms with E-state index in [9.17, 15) is 9.90 Å². The number of benzene rings is 2. The molecule has 5 rings (SSSR count). The summed E-state index contributed by atoms with van der Waals surface area (Å²) < 4.78 is 0. The summed E-state index contributed by atoms with van der Waals surface area (Å²) in [5, 5.41) is 26.8. The number of aliphatic hydroxyl groups is 1. The third kappa shape index (κ3) is 5.80. The quantitative estimate of drug-likeness (QED) is 0.500. The molecule has 9 heteroatoms. The topological polar surface area (TPSA) is 99.4 Å². The average Bonchev–Trinajstić information content (AvgIpc) is 3.59. The Morgan fingerprint density at radius 3 is 2.50 bits per heavy atom. The molecule has 0 spiro atoms. The lowest BCUT2D eigenvalue weighted by Crippen LogP contribution is -2.48. The predicted molar refractivity (Wildman–Crippen MR) is 136 cm³/mol. The first-order valence-electron chi connectivity index (χ1n) is 13.0. The van der Waals surface area contributed by atoms with Crippen LogP contribution in [0.15, 0.2) is 54.6 Å². The molecule has 3 unspecified atom stereocenters. The molecule has 0 saturated carbocycles. The van der Waals surface area contributed by atoms with Crippen molar-refractivity contribution < 1.29 is 9.90 Å². The van der Waals surface area contributed by atoms with E-state index in [-0.39, 0.29) is 11.9 Å². The van der Waals surface area contributed by atoms with E-state index in [1.807, 2.05) is 54.3 Å². The summed E-state index contributed by atoms with van der Waals surface area (Å²) in [7, 11) is 0.